The van der Waals surface area contributed by atoms with E-state index >= 15 is 0 Å². The number of carbonyl (C=O) groups is 1. The molecule has 72 valence electrons. The van der Waals surface area contributed by atoms with Crippen LogP contribution < -0.4 is 5.32 Å². The van der Waals surface area contributed by atoms with Gasteiger partial charge in [-0.2, -0.15) is 5.10 Å². The third-order valence-electron chi connectivity index (χ3n) is 1.84. The second-order valence-corrected chi connectivity index (χ2v) is 3.12. The van der Waals surface area contributed by atoms with E-state index in [1.165, 1.54) is 0 Å². The van der Waals surface area contributed by atoms with E-state index in [-0.39, 0.29) is 12.1 Å². The Labute approximate surface area is 77.1 Å². The first-order chi connectivity index (χ1) is 6.11. The summed E-state index contributed by atoms with van der Waals surface area (Å²) in [6.07, 6.45) is 3.19. The molecule has 0 aliphatic rings. The minimum Gasteiger partial charge on any atom is -0.325 e. The summed E-state index contributed by atoms with van der Waals surface area (Å²) in [7, 11) is 1.75. The van der Waals surface area contributed by atoms with Crippen molar-refractivity contribution in [1.29, 1.82) is 0 Å². The minimum absolute atomic E-state index is 0.128. The van der Waals surface area contributed by atoms with Crippen molar-refractivity contribution in [2.45, 2.75) is 19.9 Å². The Morgan fingerprint density at radius 3 is 2.85 bits per heavy atom. The lowest BCUT2D eigenvalue weighted by Gasteiger charge is -2.21. The molecule has 0 aliphatic carbocycles. The van der Waals surface area contributed by atoms with Crippen molar-refractivity contribution >= 4 is 11.7 Å². The molecule has 1 rings (SSSR count). The monoisotopic (exact) mass is 182 g/mol. The van der Waals surface area contributed by atoms with Crippen LogP contribution in [0.1, 0.15) is 13.8 Å². The molecular formula is C8H14N4O. The molecule has 1 aromatic heterocycles. The standard InChI is InChI=1S/C8H14N4O/c1-6(2)12(3)8(13)11-7-4-9-10-5-7/h4-6H,1-3H3,(H,9,10)(H,11,13). The van der Waals surface area contributed by atoms with Crippen LogP contribution in [0.25, 0.3) is 0 Å². The van der Waals surface area contributed by atoms with Crippen LogP contribution in [0.5, 0.6) is 0 Å². The van der Waals surface area contributed by atoms with Gasteiger partial charge in [0, 0.05) is 19.3 Å². The normalized spacial score (nSPS) is 10.2. The fourth-order valence-corrected chi connectivity index (χ4v) is 0.765. The van der Waals surface area contributed by atoms with Gasteiger partial charge in [-0.05, 0) is 13.8 Å². The van der Waals surface area contributed by atoms with Crippen LogP contribution in [-0.2, 0) is 0 Å². The number of hydrogen-bond acceptors (Lipinski definition) is 2. The smallest absolute Gasteiger partial charge is 0.321 e. The van der Waals surface area contributed by atoms with Crippen LogP contribution in [0.4, 0.5) is 10.5 Å². The van der Waals surface area contributed by atoms with Crippen LogP contribution in [-0.4, -0.2) is 34.2 Å². The molecule has 13 heavy (non-hydrogen) atoms. The average Bonchev–Trinajstić information content (AvgIpc) is 2.55. The molecule has 0 unspecified atom stereocenters. The number of H-pyrrole nitrogens is 1. The second-order valence-electron chi connectivity index (χ2n) is 3.12. The maximum Gasteiger partial charge on any atom is 0.321 e. The molecule has 5 nitrogen and oxygen atoms in total. The number of aromatic nitrogens is 2. The molecule has 5 heteroatoms. The van der Waals surface area contributed by atoms with Gasteiger partial charge in [-0.25, -0.2) is 4.79 Å². The largest absolute Gasteiger partial charge is 0.325 e. The summed E-state index contributed by atoms with van der Waals surface area (Å²) in [5.41, 5.74) is 0.678. The summed E-state index contributed by atoms with van der Waals surface area (Å²) < 4.78 is 0. The lowest BCUT2D eigenvalue weighted by molar-refractivity contribution is 0.211. The van der Waals surface area contributed by atoms with Gasteiger partial charge in [0.15, 0.2) is 0 Å². The molecule has 0 radical (unpaired) electrons. The highest BCUT2D eigenvalue weighted by atomic mass is 16.2. The quantitative estimate of drug-likeness (QED) is 0.723. The highest BCUT2D eigenvalue weighted by molar-refractivity contribution is 5.88. The molecule has 0 aliphatic heterocycles. The van der Waals surface area contributed by atoms with E-state index in [1.54, 1.807) is 24.3 Å². The second kappa shape index (κ2) is 3.93. The van der Waals surface area contributed by atoms with E-state index < -0.39 is 0 Å². The first-order valence-corrected chi connectivity index (χ1v) is 4.14. The predicted octanol–water partition coefficient (Wildman–Crippen LogP) is 1.28. The van der Waals surface area contributed by atoms with E-state index in [0.29, 0.717) is 5.69 Å². The number of anilines is 1. The fourth-order valence-electron chi connectivity index (χ4n) is 0.765. The lowest BCUT2D eigenvalue weighted by atomic mass is 10.4. The van der Waals surface area contributed by atoms with E-state index in [2.05, 4.69) is 15.5 Å². The molecule has 1 heterocycles. The summed E-state index contributed by atoms with van der Waals surface area (Å²) in [5, 5.41) is 9.04. The Morgan fingerprint density at radius 1 is 1.69 bits per heavy atom. The van der Waals surface area contributed by atoms with Crippen molar-refractivity contribution < 1.29 is 4.79 Å². The minimum atomic E-state index is -0.128. The molecule has 0 aromatic carbocycles. The Morgan fingerprint density at radius 2 is 2.38 bits per heavy atom. The Kier molecular flexibility index (Phi) is 2.89. The van der Waals surface area contributed by atoms with Crippen LogP contribution in [0.2, 0.25) is 0 Å². The number of urea groups is 1. The van der Waals surface area contributed by atoms with Crippen molar-refractivity contribution in [2.75, 3.05) is 12.4 Å². The van der Waals surface area contributed by atoms with Crippen LogP contribution >= 0.6 is 0 Å². The summed E-state index contributed by atoms with van der Waals surface area (Å²) in [6.45, 7) is 3.91. The number of hydrogen-bond donors (Lipinski definition) is 2. The molecule has 0 spiro atoms. The molecule has 0 saturated heterocycles. The number of aromatic amines is 1. The summed E-state index contributed by atoms with van der Waals surface area (Å²) in [5.74, 6) is 0. The number of rotatable bonds is 2. The molecular weight excluding hydrogens is 168 g/mol. The van der Waals surface area contributed by atoms with Gasteiger partial charge in [-0.3, -0.25) is 5.10 Å². The van der Waals surface area contributed by atoms with Gasteiger partial charge < -0.3 is 10.2 Å². The zero-order valence-corrected chi connectivity index (χ0v) is 8.03. The highest BCUT2D eigenvalue weighted by Crippen LogP contribution is 2.04. The Hall–Kier alpha value is -1.52. The van der Waals surface area contributed by atoms with Crippen LogP contribution in [0, 0.1) is 0 Å². The topological polar surface area (TPSA) is 61.0 Å². The highest BCUT2D eigenvalue weighted by Gasteiger charge is 2.11. The third kappa shape index (κ3) is 2.47. The fraction of sp³-hybridized carbons (Fsp3) is 0.500. The van der Waals surface area contributed by atoms with Crippen LogP contribution in [0.15, 0.2) is 12.4 Å². The molecule has 0 bridgehead atoms. The van der Waals surface area contributed by atoms with Gasteiger partial charge in [0.05, 0.1) is 11.9 Å². The molecule has 2 N–H and O–H groups in total. The van der Waals surface area contributed by atoms with Gasteiger partial charge in [-0.15, -0.1) is 0 Å². The van der Waals surface area contributed by atoms with Crippen molar-refractivity contribution in [3.63, 3.8) is 0 Å². The molecule has 0 atom stereocenters. The van der Waals surface area contributed by atoms with E-state index in [1.807, 2.05) is 13.8 Å². The molecule has 1 aromatic rings. The Balaban J connectivity index is 2.51. The average molecular weight is 182 g/mol. The third-order valence-corrected chi connectivity index (χ3v) is 1.84. The molecule has 2 amide bonds. The van der Waals surface area contributed by atoms with Gasteiger partial charge in [0.1, 0.15) is 0 Å². The van der Waals surface area contributed by atoms with Crippen molar-refractivity contribution in [2.24, 2.45) is 0 Å². The zero-order valence-electron chi connectivity index (χ0n) is 8.03. The summed E-state index contributed by atoms with van der Waals surface area (Å²) >= 11 is 0. The predicted molar refractivity (Wildman–Crippen MR) is 50.5 cm³/mol. The van der Waals surface area contributed by atoms with Crippen molar-refractivity contribution in [3.05, 3.63) is 12.4 Å². The van der Waals surface area contributed by atoms with E-state index in [4.69, 9.17) is 0 Å². The maximum absolute atomic E-state index is 11.4. The zero-order chi connectivity index (χ0) is 9.84. The summed E-state index contributed by atoms with van der Waals surface area (Å²) in [4.78, 5) is 13.0. The Bertz CT molecular complexity index is 268. The van der Waals surface area contributed by atoms with Gasteiger partial charge in [-0.1, -0.05) is 0 Å². The van der Waals surface area contributed by atoms with E-state index in [0.717, 1.165) is 0 Å². The van der Waals surface area contributed by atoms with Crippen molar-refractivity contribution in [1.82, 2.24) is 15.1 Å². The lowest BCUT2D eigenvalue weighted by Crippen LogP contribution is -2.36. The van der Waals surface area contributed by atoms with Gasteiger partial charge >= 0.3 is 6.03 Å². The summed E-state index contributed by atoms with van der Waals surface area (Å²) in [6, 6.07) is 0.0586. The SMILES string of the molecule is CC(C)N(C)C(=O)Nc1cn[nH]c1. The number of carbonyl (C=O) groups excluding carboxylic acids is 1. The number of nitrogens with zero attached hydrogens (tertiary/aromatic N) is 2. The molecule has 0 fully saturated rings. The van der Waals surface area contributed by atoms with Gasteiger partial charge in [0.25, 0.3) is 0 Å². The van der Waals surface area contributed by atoms with Crippen LogP contribution in [0.3, 0.4) is 0 Å². The molecule has 0 saturated carbocycles. The van der Waals surface area contributed by atoms with E-state index in [9.17, 15) is 4.79 Å². The van der Waals surface area contributed by atoms with Gasteiger partial charge in [0.2, 0.25) is 0 Å². The first kappa shape index (κ1) is 9.57. The number of nitrogens with one attached hydrogen (secondary N) is 2. The number of amides is 2. The van der Waals surface area contributed by atoms with Crippen molar-refractivity contribution in [3.8, 4) is 0 Å². The maximum atomic E-state index is 11.4. The first-order valence-electron chi connectivity index (χ1n) is 4.14.